The predicted molar refractivity (Wildman–Crippen MR) is 324 cm³/mol. The lowest BCUT2D eigenvalue weighted by Gasteiger charge is -2.33. The summed E-state index contributed by atoms with van der Waals surface area (Å²) in [5.74, 6) is 5.64. The van der Waals surface area contributed by atoms with Crippen molar-refractivity contribution >= 4 is 0 Å². The van der Waals surface area contributed by atoms with Crippen molar-refractivity contribution in [1.29, 1.82) is 0 Å². The molecule has 0 saturated heterocycles. The molecule has 12 nitrogen and oxygen atoms in total. The Morgan fingerprint density at radius 3 is 0.805 bits per heavy atom. The lowest BCUT2D eigenvalue weighted by molar-refractivity contribution is 0.0691. The minimum Gasteiger partial charge on any atom is -0.490 e. The van der Waals surface area contributed by atoms with Gasteiger partial charge in [0.05, 0.1) is 52.9 Å². The fraction of sp³-hybridized carbons (Fsp3) is 0.486. The zero-order valence-electron chi connectivity index (χ0n) is 50.4. The number of ether oxygens (including phenoxy) is 12. The van der Waals surface area contributed by atoms with Gasteiger partial charge < -0.3 is 56.8 Å². The fourth-order valence-electron chi connectivity index (χ4n) is 12.1. The first kappa shape index (κ1) is 60.2. The van der Waals surface area contributed by atoms with Crippen LogP contribution >= 0.6 is 0 Å². The van der Waals surface area contributed by atoms with Gasteiger partial charge in [0.25, 0.3) is 0 Å². The summed E-state index contributed by atoms with van der Waals surface area (Å²) in [7, 11) is 0. The van der Waals surface area contributed by atoms with Crippen LogP contribution in [0.2, 0.25) is 0 Å². The molecule has 4 heterocycles. The summed E-state index contributed by atoms with van der Waals surface area (Å²) >= 11 is 0. The molecule has 0 unspecified atom stereocenters. The van der Waals surface area contributed by atoms with Crippen molar-refractivity contribution in [3.8, 4) is 68.2 Å². The number of fused-ring (bicyclic) bond motifs is 24. The van der Waals surface area contributed by atoms with Gasteiger partial charge in [-0.2, -0.15) is 0 Å². The minimum atomic E-state index is -0.0884. The molecule has 12 heteroatoms. The summed E-state index contributed by atoms with van der Waals surface area (Å²) < 4.78 is 78.5. The summed E-state index contributed by atoms with van der Waals surface area (Å²) in [5.41, 5.74) is 9.99. The monoisotopic (exact) mass is 1120 g/mol. The maximum absolute atomic E-state index is 6.95. The minimum absolute atomic E-state index is 0.0884. The normalized spacial score (nSPS) is 16.7. The third kappa shape index (κ3) is 16.0. The Hall–Kier alpha value is -6.44. The second kappa shape index (κ2) is 27.3. The molecule has 0 amide bonds. The first-order chi connectivity index (χ1) is 39.4. The van der Waals surface area contributed by atoms with Gasteiger partial charge in [0.1, 0.15) is 75.9 Å². The average Bonchev–Trinajstić information content (AvgIpc) is 3.27. The standard InChI is InChI=1S/C70H88O12/c1-67(2,3)47-69(7,8)53-23-25-59-61(45-53)77-37-29-73-33-41-81-65-51-17-13-21-57(65)55-19-12-16-50-43-49-15-11-20-56(63(49)79-39-31-71-27-35-75-59)58-22-14-18-52(44-51)66(58)82-42-34-74-30-38-78-62-46-54(70(9,10)48-68(4,5)6)24-26-60(62)76-36-28-72-32-40-80-64(50)55/h11-26,45-46H,27-44,47-48H2,1-10H3. The first-order valence-electron chi connectivity index (χ1n) is 29.5. The lowest BCUT2D eigenvalue weighted by atomic mass is 9.72. The van der Waals surface area contributed by atoms with E-state index < -0.39 is 0 Å². The summed E-state index contributed by atoms with van der Waals surface area (Å²) in [6, 6.07) is 37.9. The molecule has 82 heavy (non-hydrogen) atoms. The molecule has 6 aromatic carbocycles. The van der Waals surface area contributed by atoms with Crippen LogP contribution in [0.1, 0.15) is 115 Å². The van der Waals surface area contributed by atoms with Crippen molar-refractivity contribution in [1.82, 2.24) is 0 Å². The van der Waals surface area contributed by atoms with Crippen LogP contribution in [0, 0.1) is 10.8 Å². The van der Waals surface area contributed by atoms with Crippen molar-refractivity contribution in [2.24, 2.45) is 10.8 Å². The van der Waals surface area contributed by atoms with Gasteiger partial charge in [-0.3, -0.25) is 0 Å². The highest BCUT2D eigenvalue weighted by Crippen LogP contribution is 2.47. The number of hydrogen-bond acceptors (Lipinski definition) is 12. The smallest absolute Gasteiger partial charge is 0.161 e. The van der Waals surface area contributed by atoms with E-state index in [1.807, 2.05) is 12.1 Å². The van der Waals surface area contributed by atoms with E-state index in [1.54, 1.807) is 0 Å². The molecular formula is C70H88O12. The molecule has 440 valence electrons. The van der Waals surface area contributed by atoms with Gasteiger partial charge in [0.2, 0.25) is 0 Å². The Balaban J connectivity index is 1.06. The highest BCUT2D eigenvalue weighted by molar-refractivity contribution is 5.82. The molecule has 12 bridgehead atoms. The molecule has 0 radical (unpaired) electrons. The van der Waals surface area contributed by atoms with Gasteiger partial charge in [0, 0.05) is 35.1 Å². The zero-order chi connectivity index (χ0) is 57.7. The van der Waals surface area contributed by atoms with Crippen LogP contribution in [0.25, 0.3) is 22.3 Å². The highest BCUT2D eigenvalue weighted by atomic mass is 16.6. The van der Waals surface area contributed by atoms with E-state index in [9.17, 15) is 0 Å². The Kier molecular flexibility index (Phi) is 20.0. The van der Waals surface area contributed by atoms with E-state index in [0.717, 1.165) is 80.3 Å². The van der Waals surface area contributed by atoms with Gasteiger partial charge in [-0.1, -0.05) is 154 Å². The quantitative estimate of drug-likeness (QED) is 0.157. The van der Waals surface area contributed by atoms with Crippen molar-refractivity contribution in [2.45, 2.75) is 106 Å². The van der Waals surface area contributed by atoms with E-state index in [0.29, 0.717) is 115 Å². The van der Waals surface area contributed by atoms with Gasteiger partial charge in [-0.05, 0) is 92.1 Å². The molecule has 5 aliphatic rings. The maximum Gasteiger partial charge on any atom is 0.161 e. The molecule has 0 aromatic heterocycles. The molecule has 0 N–H and O–H groups in total. The van der Waals surface area contributed by atoms with Crippen molar-refractivity contribution in [3.63, 3.8) is 0 Å². The molecule has 4 aliphatic heterocycles. The maximum atomic E-state index is 6.95. The summed E-state index contributed by atoms with van der Waals surface area (Å²) in [6.07, 6.45) is 3.00. The van der Waals surface area contributed by atoms with Crippen molar-refractivity contribution in [3.05, 3.63) is 143 Å². The van der Waals surface area contributed by atoms with Crippen LogP contribution in [0.5, 0.6) is 46.0 Å². The second-order valence-electron chi connectivity index (χ2n) is 25.3. The largest absolute Gasteiger partial charge is 0.490 e. The highest BCUT2D eigenvalue weighted by Gasteiger charge is 2.31. The van der Waals surface area contributed by atoms with Gasteiger partial charge in [-0.25, -0.2) is 0 Å². The third-order valence-electron chi connectivity index (χ3n) is 15.0. The van der Waals surface area contributed by atoms with Crippen molar-refractivity contribution < 1.29 is 56.8 Å². The van der Waals surface area contributed by atoms with E-state index in [2.05, 4.69) is 166 Å². The Bertz CT molecular complexity index is 2850. The Morgan fingerprint density at radius 2 is 0.537 bits per heavy atom. The second-order valence-corrected chi connectivity index (χ2v) is 25.3. The van der Waals surface area contributed by atoms with E-state index in [4.69, 9.17) is 56.8 Å². The zero-order valence-corrected chi connectivity index (χ0v) is 50.4. The van der Waals surface area contributed by atoms with E-state index >= 15 is 0 Å². The molecular weight excluding hydrogens is 1030 g/mol. The van der Waals surface area contributed by atoms with Crippen molar-refractivity contribution in [2.75, 3.05) is 106 Å². The van der Waals surface area contributed by atoms with Crippen LogP contribution in [0.4, 0.5) is 0 Å². The van der Waals surface area contributed by atoms with Gasteiger partial charge in [-0.15, -0.1) is 0 Å². The fourth-order valence-corrected chi connectivity index (χ4v) is 12.1. The topological polar surface area (TPSA) is 111 Å². The molecule has 0 spiro atoms. The number of hydrogen-bond donors (Lipinski definition) is 0. The summed E-state index contributed by atoms with van der Waals surface area (Å²) in [4.78, 5) is 0. The SMILES string of the molecule is CC(C)(C)CC(C)(C)c1ccc2c(c1)OCCOCCOc1c3cccc1-c1cccc4c1OCCOCCOc1ccc(C(C)(C)CC(C)(C)C)cc1OCCOCCOc1c(cccc1-c1cccc(c1OCCOCCO2)C4)C3. The number of benzene rings is 6. The van der Waals surface area contributed by atoms with Crippen LogP contribution in [-0.4, -0.2) is 106 Å². The lowest BCUT2D eigenvalue weighted by Crippen LogP contribution is -2.25. The van der Waals surface area contributed by atoms with Crippen LogP contribution in [0.15, 0.2) is 109 Å². The predicted octanol–water partition coefficient (Wildman–Crippen LogP) is 14.5. The first-order valence-corrected chi connectivity index (χ1v) is 29.5. The Morgan fingerprint density at radius 1 is 0.280 bits per heavy atom. The molecule has 6 aromatic rings. The van der Waals surface area contributed by atoms with Crippen LogP contribution < -0.4 is 37.9 Å². The van der Waals surface area contributed by atoms with E-state index in [-0.39, 0.29) is 48.1 Å². The molecule has 0 fully saturated rings. The van der Waals surface area contributed by atoms with Gasteiger partial charge in [0.15, 0.2) is 23.0 Å². The van der Waals surface area contributed by atoms with Crippen LogP contribution in [-0.2, 0) is 42.6 Å². The number of para-hydroxylation sites is 4. The third-order valence-corrected chi connectivity index (χ3v) is 15.0. The molecule has 1 aliphatic carbocycles. The van der Waals surface area contributed by atoms with E-state index in [1.165, 1.54) is 11.1 Å². The van der Waals surface area contributed by atoms with Gasteiger partial charge >= 0.3 is 0 Å². The molecule has 11 rings (SSSR count). The molecule has 0 saturated carbocycles. The Labute approximate surface area is 487 Å². The molecule has 0 atom stereocenters. The summed E-state index contributed by atoms with van der Waals surface area (Å²) in [6.45, 7) is 28.0. The average molecular weight is 1120 g/mol. The van der Waals surface area contributed by atoms with Crippen LogP contribution in [0.3, 0.4) is 0 Å². The summed E-state index contributed by atoms with van der Waals surface area (Å²) in [5, 5.41) is 0. The number of rotatable bonds is 4.